The minimum Gasteiger partial charge on any atom is -0.381 e. The fourth-order valence-corrected chi connectivity index (χ4v) is 0.893. The molecule has 2 atom stereocenters. The number of rotatable bonds is 8. The second kappa shape index (κ2) is 8.86. The van der Waals surface area contributed by atoms with Crippen LogP contribution in [0.25, 0.3) is 0 Å². The van der Waals surface area contributed by atoms with Crippen LogP contribution in [0.5, 0.6) is 0 Å². The third-order valence-corrected chi connectivity index (χ3v) is 1.88. The highest BCUT2D eigenvalue weighted by molar-refractivity contribution is 5.60. The first-order chi connectivity index (χ1) is 7.28. The third kappa shape index (κ3) is 6.36. The second-order valence-corrected chi connectivity index (χ2v) is 2.99. The SMILES string of the molecule is N#CC(C=N)CCOCCC(C#N)C=N. The number of hydrogen-bond acceptors (Lipinski definition) is 5. The standard InChI is InChI=1S/C10H14N4O/c11-5-9(6-12)1-3-15-4-2-10(7-13)8-14/h5,7,9-11,13H,1-4H2. The topological polar surface area (TPSA) is 105 Å². The lowest BCUT2D eigenvalue weighted by atomic mass is 10.1. The maximum absolute atomic E-state index is 8.52. The van der Waals surface area contributed by atoms with Crippen molar-refractivity contribution in [3.8, 4) is 12.1 Å². The summed E-state index contributed by atoms with van der Waals surface area (Å²) >= 11 is 0. The average Bonchev–Trinajstić information content (AvgIpc) is 2.29. The van der Waals surface area contributed by atoms with E-state index in [4.69, 9.17) is 26.1 Å². The van der Waals surface area contributed by atoms with E-state index in [1.54, 1.807) is 0 Å². The summed E-state index contributed by atoms with van der Waals surface area (Å²) in [6, 6.07) is 3.92. The van der Waals surface area contributed by atoms with Crippen LogP contribution in [-0.4, -0.2) is 25.6 Å². The van der Waals surface area contributed by atoms with E-state index in [1.165, 1.54) is 0 Å². The molecular weight excluding hydrogens is 192 g/mol. The normalized spacial score (nSPS) is 13.2. The highest BCUT2D eigenvalue weighted by Gasteiger charge is 2.04. The van der Waals surface area contributed by atoms with Gasteiger partial charge in [-0.25, -0.2) is 0 Å². The fraction of sp³-hybridized carbons (Fsp3) is 0.600. The monoisotopic (exact) mass is 206 g/mol. The molecule has 5 nitrogen and oxygen atoms in total. The molecule has 0 aliphatic rings. The van der Waals surface area contributed by atoms with Gasteiger partial charge in [0.1, 0.15) is 0 Å². The highest BCUT2D eigenvalue weighted by atomic mass is 16.5. The summed E-state index contributed by atoms with van der Waals surface area (Å²) in [5.74, 6) is -0.779. The lowest BCUT2D eigenvalue weighted by Crippen LogP contribution is -2.08. The Labute approximate surface area is 89.3 Å². The Kier molecular flexibility index (Phi) is 7.84. The van der Waals surface area contributed by atoms with Crippen molar-refractivity contribution < 1.29 is 4.74 Å². The van der Waals surface area contributed by atoms with Crippen LogP contribution >= 0.6 is 0 Å². The maximum Gasteiger partial charge on any atom is 0.0830 e. The molecule has 0 aliphatic heterocycles. The molecule has 0 saturated heterocycles. The summed E-state index contributed by atoms with van der Waals surface area (Å²) < 4.78 is 5.19. The van der Waals surface area contributed by atoms with E-state index in [9.17, 15) is 0 Å². The van der Waals surface area contributed by atoms with Gasteiger partial charge in [-0.15, -0.1) is 0 Å². The van der Waals surface area contributed by atoms with Crippen molar-refractivity contribution in [1.29, 1.82) is 21.3 Å². The summed E-state index contributed by atoms with van der Waals surface area (Å²) in [7, 11) is 0. The molecule has 5 heteroatoms. The molecule has 0 aliphatic carbocycles. The molecule has 0 aromatic heterocycles. The Morgan fingerprint density at radius 2 is 1.40 bits per heavy atom. The van der Waals surface area contributed by atoms with Gasteiger partial charge in [0.05, 0.1) is 24.0 Å². The van der Waals surface area contributed by atoms with Crippen LogP contribution in [0.15, 0.2) is 0 Å². The predicted molar refractivity (Wildman–Crippen MR) is 55.8 cm³/mol. The number of ether oxygens (including phenoxy) is 1. The van der Waals surface area contributed by atoms with Gasteiger partial charge in [0.2, 0.25) is 0 Å². The molecule has 0 radical (unpaired) electrons. The molecule has 0 fully saturated rings. The molecule has 80 valence electrons. The maximum atomic E-state index is 8.52. The average molecular weight is 206 g/mol. The van der Waals surface area contributed by atoms with Gasteiger partial charge in [0.25, 0.3) is 0 Å². The summed E-state index contributed by atoms with van der Waals surface area (Å²) in [6.45, 7) is 0.813. The Morgan fingerprint density at radius 1 is 1.00 bits per heavy atom. The number of nitrogens with zero attached hydrogens (tertiary/aromatic N) is 2. The first kappa shape index (κ1) is 13.3. The first-order valence-electron chi connectivity index (χ1n) is 4.66. The van der Waals surface area contributed by atoms with Crippen molar-refractivity contribution in [1.82, 2.24) is 0 Å². The third-order valence-electron chi connectivity index (χ3n) is 1.88. The zero-order valence-corrected chi connectivity index (χ0v) is 8.44. The number of nitrogens with one attached hydrogen (secondary N) is 2. The molecule has 2 unspecified atom stereocenters. The van der Waals surface area contributed by atoms with E-state index in [-0.39, 0.29) is 11.8 Å². The lowest BCUT2D eigenvalue weighted by Gasteiger charge is -2.05. The Hall–Kier alpha value is -1.72. The Morgan fingerprint density at radius 3 is 1.67 bits per heavy atom. The van der Waals surface area contributed by atoms with Gasteiger partial charge in [0.15, 0.2) is 0 Å². The van der Waals surface area contributed by atoms with E-state index in [2.05, 4.69) is 0 Å². The van der Waals surface area contributed by atoms with E-state index < -0.39 is 0 Å². The molecule has 0 rings (SSSR count). The van der Waals surface area contributed by atoms with Gasteiger partial charge in [-0.1, -0.05) is 0 Å². The van der Waals surface area contributed by atoms with Crippen molar-refractivity contribution in [3.05, 3.63) is 0 Å². The van der Waals surface area contributed by atoms with E-state index in [0.29, 0.717) is 26.1 Å². The van der Waals surface area contributed by atoms with Crippen LogP contribution in [0, 0.1) is 45.3 Å². The summed E-state index contributed by atoms with van der Waals surface area (Å²) in [5.41, 5.74) is 0. The number of hydrogen-bond donors (Lipinski definition) is 2. The Bertz CT molecular complexity index is 248. The van der Waals surface area contributed by atoms with E-state index >= 15 is 0 Å². The zero-order valence-electron chi connectivity index (χ0n) is 8.44. The fourth-order valence-electron chi connectivity index (χ4n) is 0.893. The summed E-state index contributed by atoms with van der Waals surface area (Å²) in [4.78, 5) is 0. The molecule has 0 aromatic rings. The van der Waals surface area contributed by atoms with Crippen molar-refractivity contribution in [2.45, 2.75) is 12.8 Å². The number of nitriles is 2. The van der Waals surface area contributed by atoms with Crippen LogP contribution in [-0.2, 0) is 4.74 Å². The molecule has 0 spiro atoms. The molecule has 0 aromatic carbocycles. The van der Waals surface area contributed by atoms with Crippen LogP contribution in [0.3, 0.4) is 0 Å². The van der Waals surface area contributed by atoms with Crippen LogP contribution in [0.4, 0.5) is 0 Å². The molecule has 15 heavy (non-hydrogen) atoms. The summed E-state index contributed by atoms with van der Waals surface area (Å²) in [5, 5.41) is 30.8. The van der Waals surface area contributed by atoms with Crippen molar-refractivity contribution in [2.24, 2.45) is 11.8 Å². The van der Waals surface area contributed by atoms with Gasteiger partial charge in [0, 0.05) is 25.6 Å². The molecular formula is C10H14N4O. The van der Waals surface area contributed by atoms with Crippen LogP contribution < -0.4 is 0 Å². The minimum atomic E-state index is -0.389. The van der Waals surface area contributed by atoms with Gasteiger partial charge in [-0.05, 0) is 12.8 Å². The van der Waals surface area contributed by atoms with E-state index in [0.717, 1.165) is 12.4 Å². The second-order valence-electron chi connectivity index (χ2n) is 2.99. The van der Waals surface area contributed by atoms with Crippen LogP contribution in [0.2, 0.25) is 0 Å². The first-order valence-corrected chi connectivity index (χ1v) is 4.66. The smallest absolute Gasteiger partial charge is 0.0830 e. The van der Waals surface area contributed by atoms with E-state index in [1.807, 2.05) is 12.1 Å². The Balaban J connectivity index is 3.48. The van der Waals surface area contributed by atoms with Crippen molar-refractivity contribution >= 4 is 12.4 Å². The lowest BCUT2D eigenvalue weighted by molar-refractivity contribution is 0.125. The highest BCUT2D eigenvalue weighted by Crippen LogP contribution is 2.01. The summed E-state index contributed by atoms with van der Waals surface area (Å²) in [6.07, 6.45) is 3.20. The quantitative estimate of drug-likeness (QED) is 0.462. The van der Waals surface area contributed by atoms with Gasteiger partial charge in [-0.3, -0.25) is 0 Å². The van der Waals surface area contributed by atoms with Gasteiger partial charge in [-0.2, -0.15) is 10.5 Å². The zero-order chi connectivity index (χ0) is 11.5. The molecule has 0 bridgehead atoms. The van der Waals surface area contributed by atoms with Gasteiger partial charge < -0.3 is 15.6 Å². The molecule has 2 N–H and O–H groups in total. The van der Waals surface area contributed by atoms with Crippen molar-refractivity contribution in [2.75, 3.05) is 13.2 Å². The van der Waals surface area contributed by atoms with Crippen LogP contribution in [0.1, 0.15) is 12.8 Å². The van der Waals surface area contributed by atoms with Crippen molar-refractivity contribution in [3.63, 3.8) is 0 Å². The largest absolute Gasteiger partial charge is 0.381 e. The van der Waals surface area contributed by atoms with Gasteiger partial charge >= 0.3 is 0 Å². The molecule has 0 heterocycles. The molecule has 0 amide bonds. The molecule has 0 saturated carbocycles. The minimum absolute atomic E-state index is 0.389. The predicted octanol–water partition coefficient (Wildman–Crippen LogP) is 1.36.